The average Bonchev–Trinajstić information content (AvgIpc) is 2.60. The third-order valence-electron chi connectivity index (χ3n) is 4.31. The summed E-state index contributed by atoms with van der Waals surface area (Å²) in [5, 5.41) is 1.65. The zero-order chi connectivity index (χ0) is 16.0. The lowest BCUT2D eigenvalue weighted by atomic mass is 9.93. The van der Waals surface area contributed by atoms with Crippen LogP contribution in [0.2, 0.25) is 0 Å². The van der Waals surface area contributed by atoms with Crippen LogP contribution in [0, 0.1) is 0 Å². The number of hydrogen-bond acceptors (Lipinski definition) is 3. The number of rotatable bonds is 2. The van der Waals surface area contributed by atoms with E-state index in [4.69, 9.17) is 0 Å². The zero-order valence-corrected chi connectivity index (χ0v) is 12.6. The van der Waals surface area contributed by atoms with Gasteiger partial charge in [-0.1, -0.05) is 30.3 Å². The Kier molecular flexibility index (Phi) is 2.98. The molecule has 4 rings (SSSR count). The number of nitrogens with zero attached hydrogens (tertiary/aromatic N) is 2. The van der Waals surface area contributed by atoms with Gasteiger partial charge in [-0.2, -0.15) is 0 Å². The number of hydrogen-bond donors (Lipinski definition) is 0. The van der Waals surface area contributed by atoms with E-state index in [1.165, 1.54) is 4.90 Å². The van der Waals surface area contributed by atoms with E-state index in [1.54, 1.807) is 18.3 Å². The highest BCUT2D eigenvalue weighted by molar-refractivity contribution is 6.25. The third kappa shape index (κ3) is 1.95. The summed E-state index contributed by atoms with van der Waals surface area (Å²) in [7, 11) is 0. The summed E-state index contributed by atoms with van der Waals surface area (Å²) in [6.45, 7) is 1.83. The molecule has 112 valence electrons. The van der Waals surface area contributed by atoms with E-state index < -0.39 is 6.04 Å². The number of imide groups is 1. The lowest BCUT2D eigenvalue weighted by molar-refractivity contribution is 0.0546. The first-order valence-electron chi connectivity index (χ1n) is 7.49. The smallest absolute Gasteiger partial charge is 0.262 e. The Labute approximate surface area is 133 Å². The molecule has 0 saturated heterocycles. The van der Waals surface area contributed by atoms with Crippen molar-refractivity contribution in [2.75, 3.05) is 0 Å². The number of aromatic nitrogens is 1. The molecule has 2 heterocycles. The summed E-state index contributed by atoms with van der Waals surface area (Å²) < 4.78 is 0. The van der Waals surface area contributed by atoms with Crippen molar-refractivity contribution in [2.24, 2.45) is 0 Å². The third-order valence-corrected chi connectivity index (χ3v) is 4.31. The van der Waals surface area contributed by atoms with E-state index in [2.05, 4.69) is 4.98 Å². The van der Waals surface area contributed by atoms with Crippen LogP contribution in [-0.4, -0.2) is 21.7 Å². The molecule has 0 spiro atoms. The fourth-order valence-corrected chi connectivity index (χ4v) is 3.16. The van der Waals surface area contributed by atoms with Crippen molar-refractivity contribution in [1.82, 2.24) is 9.88 Å². The minimum absolute atomic E-state index is 0.266. The molecule has 0 bridgehead atoms. The van der Waals surface area contributed by atoms with Crippen LogP contribution in [0.1, 0.15) is 39.4 Å². The molecule has 1 atom stereocenters. The number of pyridine rings is 1. The monoisotopic (exact) mass is 302 g/mol. The van der Waals surface area contributed by atoms with Gasteiger partial charge < -0.3 is 0 Å². The lowest BCUT2D eigenvalue weighted by Crippen LogP contribution is -2.42. The molecule has 1 aromatic heterocycles. The minimum atomic E-state index is -0.417. The molecule has 4 nitrogen and oxygen atoms in total. The second-order valence-electron chi connectivity index (χ2n) is 5.62. The van der Waals surface area contributed by atoms with Gasteiger partial charge in [0.05, 0.1) is 11.7 Å². The Hall–Kier alpha value is -3.01. The average molecular weight is 302 g/mol. The first-order chi connectivity index (χ1) is 11.2. The molecular weight excluding hydrogens is 288 g/mol. The maximum atomic E-state index is 12.9. The van der Waals surface area contributed by atoms with Crippen molar-refractivity contribution in [2.45, 2.75) is 13.0 Å². The molecule has 2 aromatic carbocycles. The Bertz CT molecular complexity index is 884. The van der Waals surface area contributed by atoms with Gasteiger partial charge in [0.25, 0.3) is 11.8 Å². The molecule has 1 unspecified atom stereocenters. The van der Waals surface area contributed by atoms with E-state index >= 15 is 0 Å². The Morgan fingerprint density at radius 3 is 2.09 bits per heavy atom. The van der Waals surface area contributed by atoms with Crippen molar-refractivity contribution in [3.05, 3.63) is 77.6 Å². The van der Waals surface area contributed by atoms with Crippen molar-refractivity contribution in [3.63, 3.8) is 0 Å². The van der Waals surface area contributed by atoms with E-state index in [-0.39, 0.29) is 11.8 Å². The highest BCUT2D eigenvalue weighted by Crippen LogP contribution is 2.33. The molecule has 0 fully saturated rings. The van der Waals surface area contributed by atoms with Gasteiger partial charge in [-0.05, 0) is 36.6 Å². The van der Waals surface area contributed by atoms with E-state index in [1.807, 2.05) is 49.4 Å². The first-order valence-corrected chi connectivity index (χ1v) is 7.49. The van der Waals surface area contributed by atoms with E-state index in [0.717, 1.165) is 10.8 Å². The maximum Gasteiger partial charge on any atom is 0.262 e. The van der Waals surface area contributed by atoms with Crippen LogP contribution in [0.15, 0.2) is 60.8 Å². The maximum absolute atomic E-state index is 12.9. The van der Waals surface area contributed by atoms with E-state index in [0.29, 0.717) is 16.8 Å². The molecule has 0 N–H and O–H groups in total. The van der Waals surface area contributed by atoms with Gasteiger partial charge in [0, 0.05) is 22.7 Å². The van der Waals surface area contributed by atoms with Crippen LogP contribution in [0.3, 0.4) is 0 Å². The second kappa shape index (κ2) is 5.02. The predicted octanol–water partition coefficient (Wildman–Crippen LogP) is 3.59. The van der Waals surface area contributed by atoms with Crippen LogP contribution < -0.4 is 0 Å². The fourth-order valence-electron chi connectivity index (χ4n) is 3.16. The second-order valence-corrected chi connectivity index (χ2v) is 5.62. The Morgan fingerprint density at radius 1 is 0.870 bits per heavy atom. The van der Waals surface area contributed by atoms with Crippen LogP contribution in [0.5, 0.6) is 0 Å². The predicted molar refractivity (Wildman–Crippen MR) is 87.1 cm³/mol. The molecule has 1 aliphatic rings. The molecule has 23 heavy (non-hydrogen) atoms. The minimum Gasteiger partial charge on any atom is -0.269 e. The summed E-state index contributed by atoms with van der Waals surface area (Å²) in [4.78, 5) is 31.4. The SMILES string of the molecule is CC(c1ccccn1)N1C(=O)c2cccc3cccc(c23)C1=O. The van der Waals surface area contributed by atoms with Crippen LogP contribution in [0.25, 0.3) is 10.8 Å². The van der Waals surface area contributed by atoms with E-state index in [9.17, 15) is 9.59 Å². The van der Waals surface area contributed by atoms with Gasteiger partial charge in [-0.25, -0.2) is 0 Å². The van der Waals surface area contributed by atoms with Crippen LogP contribution in [-0.2, 0) is 0 Å². The zero-order valence-electron chi connectivity index (χ0n) is 12.6. The van der Waals surface area contributed by atoms with Gasteiger partial charge >= 0.3 is 0 Å². The Morgan fingerprint density at radius 2 is 1.52 bits per heavy atom. The molecule has 0 aliphatic carbocycles. The highest BCUT2D eigenvalue weighted by atomic mass is 16.2. The van der Waals surface area contributed by atoms with Crippen LogP contribution in [0.4, 0.5) is 0 Å². The van der Waals surface area contributed by atoms with Crippen molar-refractivity contribution in [3.8, 4) is 0 Å². The summed E-state index contributed by atoms with van der Waals surface area (Å²) >= 11 is 0. The molecule has 1 aliphatic heterocycles. The number of amides is 2. The number of carbonyl (C=O) groups is 2. The van der Waals surface area contributed by atoms with Gasteiger partial charge in [0.15, 0.2) is 0 Å². The summed E-state index contributed by atoms with van der Waals surface area (Å²) in [6, 6.07) is 16.2. The molecule has 0 saturated carbocycles. The van der Waals surface area contributed by atoms with Gasteiger partial charge in [0.2, 0.25) is 0 Å². The molecule has 4 heteroatoms. The Balaban J connectivity index is 1.90. The standard InChI is InChI=1S/C19H14N2O2/c1-12(16-10-2-3-11-20-16)21-18(22)14-8-4-6-13-7-5-9-15(17(13)14)19(21)23/h2-12H,1H3. The van der Waals surface area contributed by atoms with Crippen molar-refractivity contribution >= 4 is 22.6 Å². The fraction of sp³-hybridized carbons (Fsp3) is 0.105. The largest absolute Gasteiger partial charge is 0.269 e. The molecule has 3 aromatic rings. The lowest BCUT2D eigenvalue weighted by Gasteiger charge is -2.31. The summed E-state index contributed by atoms with van der Waals surface area (Å²) in [6.07, 6.45) is 1.67. The van der Waals surface area contributed by atoms with Crippen molar-refractivity contribution in [1.29, 1.82) is 0 Å². The first kappa shape index (κ1) is 13.6. The van der Waals surface area contributed by atoms with Gasteiger partial charge in [0.1, 0.15) is 0 Å². The van der Waals surface area contributed by atoms with Gasteiger partial charge in [-0.15, -0.1) is 0 Å². The van der Waals surface area contributed by atoms with Crippen LogP contribution >= 0.6 is 0 Å². The normalized spacial score (nSPS) is 15.1. The molecular formula is C19H14N2O2. The molecule has 0 radical (unpaired) electrons. The number of carbonyl (C=O) groups excluding carboxylic acids is 2. The summed E-state index contributed by atoms with van der Waals surface area (Å²) in [5.41, 5.74) is 1.83. The topological polar surface area (TPSA) is 50.3 Å². The van der Waals surface area contributed by atoms with Crippen molar-refractivity contribution < 1.29 is 9.59 Å². The highest BCUT2D eigenvalue weighted by Gasteiger charge is 2.36. The summed E-state index contributed by atoms with van der Waals surface area (Å²) in [5.74, 6) is -0.532. The number of benzene rings is 2. The quantitative estimate of drug-likeness (QED) is 0.680. The molecule has 2 amide bonds. The van der Waals surface area contributed by atoms with Gasteiger partial charge in [-0.3, -0.25) is 19.5 Å².